The average molecular weight is 535 g/mol. The van der Waals surface area contributed by atoms with E-state index in [4.69, 9.17) is 0 Å². The Morgan fingerprint density at radius 1 is 1.13 bits per heavy atom. The number of aryl methyl sites for hydroxylation is 1. The van der Waals surface area contributed by atoms with Gasteiger partial charge in [0.05, 0.1) is 11.3 Å². The maximum atomic E-state index is 14.1. The number of thiazole rings is 1. The first-order chi connectivity index (χ1) is 18.3. The Hall–Kier alpha value is -4.12. The molecule has 0 saturated carbocycles. The largest absolute Gasteiger partial charge is 0.347 e. The Labute approximate surface area is 222 Å². The van der Waals surface area contributed by atoms with E-state index in [9.17, 15) is 18.8 Å². The Bertz CT molecular complexity index is 1530. The van der Waals surface area contributed by atoms with Crippen molar-refractivity contribution in [1.29, 1.82) is 0 Å². The third kappa shape index (κ3) is 5.14. The second-order valence-corrected chi connectivity index (χ2v) is 10.2. The molecule has 2 aromatic carbocycles. The molecule has 0 atom stereocenters. The van der Waals surface area contributed by atoms with Gasteiger partial charge < -0.3 is 15.5 Å². The van der Waals surface area contributed by atoms with Gasteiger partial charge in [0.15, 0.2) is 5.82 Å². The molecule has 0 aliphatic carbocycles. The minimum absolute atomic E-state index is 0.0307. The summed E-state index contributed by atoms with van der Waals surface area (Å²) in [5.74, 6) is -1.78. The highest BCUT2D eigenvalue weighted by Gasteiger charge is 2.25. The van der Waals surface area contributed by atoms with E-state index in [1.165, 1.54) is 17.4 Å². The maximum Gasteiger partial charge on any atom is 0.313 e. The number of nitrogens with one attached hydrogen (secondary N) is 2. The van der Waals surface area contributed by atoms with Crippen molar-refractivity contribution in [2.45, 2.75) is 33.1 Å². The molecule has 3 amide bonds. The normalized spacial score (nSPS) is 13.0. The minimum Gasteiger partial charge on any atom is -0.347 e. The summed E-state index contributed by atoms with van der Waals surface area (Å²) in [6, 6.07) is 11.7. The summed E-state index contributed by atoms with van der Waals surface area (Å²) in [5.41, 5.74) is 3.37. The maximum absolute atomic E-state index is 14.1. The van der Waals surface area contributed by atoms with Gasteiger partial charge in [0.25, 0.3) is 0 Å². The van der Waals surface area contributed by atoms with Crippen LogP contribution < -0.4 is 15.5 Å². The number of nitrogens with zero attached hydrogens (tertiary/aromatic N) is 4. The van der Waals surface area contributed by atoms with E-state index >= 15 is 0 Å². The van der Waals surface area contributed by atoms with Gasteiger partial charge in [0.1, 0.15) is 5.82 Å². The molecule has 0 bridgehead atoms. The third-order valence-electron chi connectivity index (χ3n) is 6.36. The van der Waals surface area contributed by atoms with Crippen molar-refractivity contribution >= 4 is 45.4 Å². The molecule has 0 radical (unpaired) electrons. The molecular formula is C27H27FN6O3S. The molecule has 9 nitrogen and oxygen atoms in total. The van der Waals surface area contributed by atoms with Crippen LogP contribution in [0, 0.1) is 11.7 Å². The predicted molar refractivity (Wildman–Crippen MR) is 144 cm³/mol. The van der Waals surface area contributed by atoms with E-state index in [-0.39, 0.29) is 18.4 Å². The number of halogens is 1. The number of rotatable bonds is 6. The fourth-order valence-corrected chi connectivity index (χ4v) is 5.27. The van der Waals surface area contributed by atoms with Crippen LogP contribution in [0.25, 0.3) is 16.3 Å². The number of carbonyl (C=O) groups is 3. The van der Waals surface area contributed by atoms with E-state index in [1.54, 1.807) is 39.7 Å². The number of anilines is 2. The smallest absolute Gasteiger partial charge is 0.313 e. The van der Waals surface area contributed by atoms with Crippen LogP contribution in [0.15, 0.2) is 47.8 Å². The van der Waals surface area contributed by atoms with Gasteiger partial charge in [-0.25, -0.2) is 8.91 Å². The van der Waals surface area contributed by atoms with Gasteiger partial charge in [0.2, 0.25) is 10.9 Å². The van der Waals surface area contributed by atoms with Gasteiger partial charge in [-0.15, -0.1) is 16.4 Å². The van der Waals surface area contributed by atoms with Crippen molar-refractivity contribution in [3.63, 3.8) is 0 Å². The Balaban J connectivity index is 1.20. The number of benzene rings is 2. The SMILES string of the molecule is CC(C)C(=O)N1CCCc2ccc(NC(=O)C(=O)NCCc3csc4nc(-c5ccccc5F)nn34)cc21. The molecule has 1 aliphatic heterocycles. The molecule has 4 aromatic rings. The molecule has 2 N–H and O–H groups in total. The van der Waals surface area contributed by atoms with Gasteiger partial charge in [-0.05, 0) is 42.7 Å². The molecule has 11 heteroatoms. The molecule has 0 fully saturated rings. The lowest BCUT2D eigenvalue weighted by Crippen LogP contribution is -2.38. The van der Waals surface area contributed by atoms with E-state index in [1.807, 2.05) is 25.3 Å². The van der Waals surface area contributed by atoms with Gasteiger partial charge in [-0.1, -0.05) is 32.0 Å². The van der Waals surface area contributed by atoms with Crippen LogP contribution in [0.5, 0.6) is 0 Å². The number of hydrogen-bond acceptors (Lipinski definition) is 6. The average Bonchev–Trinajstić information content (AvgIpc) is 3.49. The summed E-state index contributed by atoms with van der Waals surface area (Å²) in [5, 5.41) is 11.5. The van der Waals surface area contributed by atoms with Crippen LogP contribution >= 0.6 is 11.3 Å². The number of carbonyl (C=O) groups excluding carboxylic acids is 3. The summed E-state index contributed by atoms with van der Waals surface area (Å²) in [7, 11) is 0. The van der Waals surface area contributed by atoms with Crippen molar-refractivity contribution in [3.8, 4) is 11.4 Å². The third-order valence-corrected chi connectivity index (χ3v) is 7.22. The van der Waals surface area contributed by atoms with Crippen LogP contribution in [0.4, 0.5) is 15.8 Å². The first-order valence-electron chi connectivity index (χ1n) is 12.4. The lowest BCUT2D eigenvalue weighted by Gasteiger charge is -2.31. The zero-order chi connectivity index (χ0) is 26.8. The van der Waals surface area contributed by atoms with Crippen molar-refractivity contribution < 1.29 is 18.8 Å². The number of hydrogen-bond donors (Lipinski definition) is 2. The topological polar surface area (TPSA) is 109 Å². The summed E-state index contributed by atoms with van der Waals surface area (Å²) >= 11 is 1.36. The van der Waals surface area contributed by atoms with E-state index in [2.05, 4.69) is 20.7 Å². The summed E-state index contributed by atoms with van der Waals surface area (Å²) in [6.45, 7) is 4.55. The van der Waals surface area contributed by atoms with Crippen molar-refractivity contribution in [2.24, 2.45) is 5.92 Å². The number of amides is 3. The Morgan fingerprint density at radius 2 is 1.95 bits per heavy atom. The standard InChI is InChI=1S/C27H27FN6O3S/c1-16(2)26(37)33-13-5-6-17-9-10-18(14-22(17)33)30-25(36)24(35)29-12-11-19-15-38-27-31-23(32-34(19)27)20-7-3-4-8-21(20)28/h3-4,7-10,14-16H,5-6,11-13H2,1-2H3,(H,29,35)(H,30,36). The highest BCUT2D eigenvalue weighted by Crippen LogP contribution is 2.31. The Morgan fingerprint density at radius 3 is 2.74 bits per heavy atom. The first-order valence-corrected chi connectivity index (χ1v) is 13.3. The van der Waals surface area contributed by atoms with Gasteiger partial charge in [-0.2, -0.15) is 4.98 Å². The van der Waals surface area contributed by atoms with Gasteiger partial charge in [-0.3, -0.25) is 14.4 Å². The van der Waals surface area contributed by atoms with Crippen LogP contribution in [0.3, 0.4) is 0 Å². The monoisotopic (exact) mass is 534 g/mol. The molecule has 1 aliphatic rings. The first kappa shape index (κ1) is 25.5. The molecule has 0 spiro atoms. The van der Waals surface area contributed by atoms with Crippen molar-refractivity contribution in [2.75, 3.05) is 23.3 Å². The highest BCUT2D eigenvalue weighted by atomic mass is 32.1. The molecule has 5 rings (SSSR count). The quantitative estimate of drug-likeness (QED) is 0.366. The lowest BCUT2D eigenvalue weighted by atomic mass is 9.99. The van der Waals surface area contributed by atoms with Crippen LogP contribution in [0.1, 0.15) is 31.5 Å². The van der Waals surface area contributed by atoms with Crippen LogP contribution in [0.2, 0.25) is 0 Å². The van der Waals surface area contributed by atoms with Crippen LogP contribution in [-0.4, -0.2) is 45.4 Å². The zero-order valence-corrected chi connectivity index (χ0v) is 21.8. The molecule has 0 saturated heterocycles. The molecule has 0 unspecified atom stereocenters. The fourth-order valence-electron chi connectivity index (χ4n) is 4.42. The lowest BCUT2D eigenvalue weighted by molar-refractivity contribution is -0.136. The van der Waals surface area contributed by atoms with E-state index in [0.717, 1.165) is 29.8 Å². The summed E-state index contributed by atoms with van der Waals surface area (Å²) < 4.78 is 15.7. The van der Waals surface area contributed by atoms with Gasteiger partial charge >= 0.3 is 11.8 Å². The van der Waals surface area contributed by atoms with Crippen molar-refractivity contribution in [1.82, 2.24) is 19.9 Å². The molecule has 38 heavy (non-hydrogen) atoms. The van der Waals surface area contributed by atoms with Gasteiger partial charge in [0, 0.05) is 42.2 Å². The number of aromatic nitrogens is 3. The fraction of sp³-hybridized carbons (Fsp3) is 0.296. The number of fused-ring (bicyclic) bond motifs is 2. The highest BCUT2D eigenvalue weighted by molar-refractivity contribution is 7.15. The zero-order valence-electron chi connectivity index (χ0n) is 21.0. The molecule has 2 aromatic heterocycles. The molecular weight excluding hydrogens is 507 g/mol. The van der Waals surface area contributed by atoms with E-state index in [0.29, 0.717) is 35.0 Å². The van der Waals surface area contributed by atoms with E-state index < -0.39 is 17.6 Å². The Kier molecular flexibility index (Phi) is 7.19. The molecule has 196 valence electrons. The van der Waals surface area contributed by atoms with Crippen LogP contribution in [-0.2, 0) is 27.2 Å². The molecule has 3 heterocycles. The summed E-state index contributed by atoms with van der Waals surface area (Å²) in [4.78, 5) is 44.4. The summed E-state index contributed by atoms with van der Waals surface area (Å²) in [6.07, 6.45) is 2.15. The predicted octanol–water partition coefficient (Wildman–Crippen LogP) is 3.83. The van der Waals surface area contributed by atoms with Crippen molar-refractivity contribution in [3.05, 3.63) is 64.9 Å². The minimum atomic E-state index is -0.791. The second-order valence-electron chi connectivity index (χ2n) is 9.39. The second kappa shape index (κ2) is 10.7.